The van der Waals surface area contributed by atoms with Crippen molar-refractivity contribution >= 4 is 59.9 Å². The van der Waals surface area contributed by atoms with Gasteiger partial charge in [-0.1, -0.05) is 73.7 Å². The van der Waals surface area contributed by atoms with Crippen LogP contribution < -0.4 is 24.0 Å². The molecule has 8 saturated carbocycles. The molecule has 0 radical (unpaired) electrons. The van der Waals surface area contributed by atoms with Crippen LogP contribution in [0.25, 0.3) is 33.6 Å². The van der Waals surface area contributed by atoms with Crippen molar-refractivity contribution in [2.24, 2.45) is 30.7 Å². The minimum Gasteiger partial charge on any atom is -0.490 e. The number of carbonyl (C=O) groups is 8. The van der Waals surface area contributed by atoms with Crippen LogP contribution in [0.1, 0.15) is 240 Å². The predicted molar refractivity (Wildman–Crippen MR) is 478 cm³/mol. The van der Waals surface area contributed by atoms with Crippen LogP contribution in [-0.2, 0) is 58.4 Å². The van der Waals surface area contributed by atoms with Gasteiger partial charge in [-0.15, -0.1) is 0 Å². The summed E-state index contributed by atoms with van der Waals surface area (Å²) in [7, 11) is 8.91. The molecule has 4 amide bonds. The molecule has 128 heavy (non-hydrogen) atoms. The molecule has 30 nitrogen and oxygen atoms in total. The van der Waals surface area contributed by atoms with Crippen molar-refractivity contribution in [2.45, 2.75) is 281 Å². The molecule has 0 spiro atoms. The maximum absolute atomic E-state index is 12.7. The number of carboxylic acid groups (broad SMARTS) is 4. The SMILES string of the molecule is CN(C(=O)OCc1c(-c2ccc(C3CCC[C@H](C(=O)O)C3)cc2)cnn1C)C1CCCC1.CN(C(=O)OCc1oncc1-c1ccc(O[C@H]2CCC[C@H](C(=O)O)C2)cc1)C1CCCC1.Cc1ccn(-c2ccc(O[C@H]3CCC[C@H](C(=O)O)C3)cc2)c1N(C)C(=O)OC1CCCC1.Cc1cnn(-c2ccc(O[C@H]3CCC[C@H](C(=O)O)C3)cc2)c1N(C)C(=O)OC1CCCC1. The van der Waals surface area contributed by atoms with E-state index in [0.717, 1.165) is 216 Å². The van der Waals surface area contributed by atoms with E-state index in [9.17, 15) is 58.8 Å². The zero-order valence-electron chi connectivity index (χ0n) is 74.9. The fourth-order valence-corrected chi connectivity index (χ4v) is 19.3. The molecule has 1 unspecified atom stereocenters. The van der Waals surface area contributed by atoms with E-state index in [1.54, 1.807) is 63.8 Å². The van der Waals surface area contributed by atoms with Gasteiger partial charge in [0.1, 0.15) is 47.7 Å². The molecule has 8 fully saturated rings. The Hall–Kier alpha value is -11.9. The minimum absolute atomic E-state index is 0.00132. The van der Waals surface area contributed by atoms with Crippen molar-refractivity contribution in [3.05, 3.63) is 156 Å². The lowest BCUT2D eigenvalue weighted by atomic mass is 9.78. The highest BCUT2D eigenvalue weighted by molar-refractivity contribution is 5.88. The summed E-state index contributed by atoms with van der Waals surface area (Å²) in [6.45, 7) is 4.08. The molecule has 0 saturated heterocycles. The van der Waals surface area contributed by atoms with Gasteiger partial charge in [-0.2, -0.15) is 10.2 Å². The average molecular weight is 1760 g/mol. The first-order valence-corrected chi connectivity index (χ1v) is 46.0. The van der Waals surface area contributed by atoms with Gasteiger partial charge in [-0.25, -0.2) is 23.9 Å². The molecular weight excluding hydrogens is 1640 g/mol. The van der Waals surface area contributed by atoms with Gasteiger partial charge in [0.15, 0.2) is 12.4 Å². The van der Waals surface area contributed by atoms with Crippen molar-refractivity contribution in [1.29, 1.82) is 0 Å². The summed E-state index contributed by atoms with van der Waals surface area (Å²) in [6, 6.07) is 33.5. The van der Waals surface area contributed by atoms with Crippen LogP contribution in [0.4, 0.5) is 30.8 Å². The number of aromatic nitrogens is 6. The first-order chi connectivity index (χ1) is 61.8. The Morgan fingerprint density at radius 3 is 1.29 bits per heavy atom. The van der Waals surface area contributed by atoms with Crippen molar-refractivity contribution in [2.75, 3.05) is 38.0 Å². The van der Waals surface area contributed by atoms with Gasteiger partial charge >= 0.3 is 48.3 Å². The number of nitrogens with zero attached hydrogens (tertiary/aromatic N) is 10. The average Bonchev–Trinajstić information content (AvgIpc) is 1.65. The number of anilines is 2. The lowest BCUT2D eigenvalue weighted by Gasteiger charge is -2.27. The van der Waals surface area contributed by atoms with Gasteiger partial charge < -0.3 is 72.5 Å². The molecule has 4 N–H and O–H groups in total. The molecule has 688 valence electrons. The standard InChI is InChI=1S/C25H33N3O4.C25H32N2O5.C24H31N3O5.C24H30N2O6/c1-27(21-8-3-4-9-21)25(31)32-16-23-22(15-26-28(23)2)18-12-10-17(11-13-18)19-6-5-7-20(14-19)24(29)30;1-17-14-15-27(23(17)26(2)25(30)32-20-7-3-4-8-20)19-10-12-21(13-11-19)31-22-9-5-6-18(16-22)24(28)29;1-16-15-25-27(22(16)26(2)24(30)32-19-7-3-4-8-19)18-10-12-20(13-11-18)31-21-9-5-6-17(14-21)23(28)29;1-26(18-6-2-3-7-18)24(29)30-15-22-21(14-25-32-22)16-9-11-19(12-10-16)31-20-8-4-5-17(13-20)23(27)28/h10-13,15,19-21H,3-9,14,16H2,1-2H3,(H,29,30);10-15,18,20,22H,3-9,16H2,1-2H3,(H,28,29);10-13,15,17,19,21H,3-9,14H2,1-2H3,(H,28,29);9-12,14,17-18,20H,2-8,13,15H2,1H3,(H,27,28)/t19?,20-;18-,22-;17-,21-;17-,20-/m0000/s1. The van der Waals surface area contributed by atoms with E-state index in [2.05, 4.69) is 39.6 Å². The van der Waals surface area contributed by atoms with Gasteiger partial charge in [0.25, 0.3) is 0 Å². The van der Waals surface area contributed by atoms with Crippen LogP contribution in [0.3, 0.4) is 0 Å². The highest BCUT2D eigenvalue weighted by Gasteiger charge is 2.36. The summed E-state index contributed by atoms with van der Waals surface area (Å²) in [5.74, 6) is 0.215. The second-order valence-corrected chi connectivity index (χ2v) is 35.8. The second-order valence-electron chi connectivity index (χ2n) is 35.8. The quantitative estimate of drug-likeness (QED) is 0.0386. The van der Waals surface area contributed by atoms with E-state index in [1.165, 1.54) is 23.3 Å². The molecule has 4 aromatic heterocycles. The fraction of sp³-hybridized carbons (Fsp3) is 0.541. The van der Waals surface area contributed by atoms with E-state index < -0.39 is 23.9 Å². The van der Waals surface area contributed by atoms with Crippen molar-refractivity contribution in [3.8, 4) is 50.9 Å². The monoisotopic (exact) mass is 1760 g/mol. The second kappa shape index (κ2) is 44.7. The van der Waals surface area contributed by atoms with Crippen LogP contribution in [0.2, 0.25) is 0 Å². The summed E-state index contributed by atoms with van der Waals surface area (Å²) < 4.78 is 51.3. The zero-order valence-corrected chi connectivity index (χ0v) is 74.9. The Bertz CT molecular complexity index is 4840. The van der Waals surface area contributed by atoms with Crippen LogP contribution >= 0.6 is 0 Å². The number of amides is 4. The molecular formula is C98H126N10O20. The van der Waals surface area contributed by atoms with Crippen LogP contribution in [0, 0.1) is 37.5 Å². The van der Waals surface area contributed by atoms with Gasteiger partial charge in [-0.3, -0.25) is 33.7 Å². The van der Waals surface area contributed by atoms with Crippen LogP contribution in [-0.4, -0.2) is 179 Å². The Morgan fingerprint density at radius 1 is 0.406 bits per heavy atom. The Morgan fingerprint density at radius 2 is 0.812 bits per heavy atom. The highest BCUT2D eigenvalue weighted by Crippen LogP contribution is 2.40. The Labute approximate surface area is 748 Å². The van der Waals surface area contributed by atoms with Gasteiger partial charge in [0, 0.05) is 75.9 Å². The van der Waals surface area contributed by atoms with Gasteiger partial charge in [-0.05, 0) is 282 Å². The molecule has 4 heterocycles. The number of hydrogen-bond acceptors (Lipinski definition) is 19. The van der Waals surface area contributed by atoms with Gasteiger partial charge in [0.2, 0.25) is 0 Å². The van der Waals surface area contributed by atoms with Crippen molar-refractivity contribution in [1.82, 2.24) is 39.1 Å². The third-order valence-corrected chi connectivity index (χ3v) is 26.9. The zero-order chi connectivity index (χ0) is 90.5. The normalized spacial score (nSPS) is 21.3. The molecule has 4 aromatic carbocycles. The van der Waals surface area contributed by atoms with E-state index in [-0.39, 0.29) is 104 Å². The number of ether oxygens (including phenoxy) is 7. The number of carboxylic acids is 4. The Kier molecular flexibility index (Phi) is 32.8. The van der Waals surface area contributed by atoms with E-state index >= 15 is 0 Å². The summed E-state index contributed by atoms with van der Waals surface area (Å²) in [6.07, 6.45) is 34.9. The number of aryl methyl sites for hydroxylation is 3. The number of rotatable bonds is 25. The molecule has 0 bridgehead atoms. The maximum atomic E-state index is 12.7. The Balaban J connectivity index is 0.000000146. The molecule has 8 aliphatic rings. The molecule has 8 aliphatic carbocycles. The summed E-state index contributed by atoms with van der Waals surface area (Å²) in [5.41, 5.74) is 9.21. The molecule has 30 heteroatoms. The topological polar surface area (TPSA) is 362 Å². The van der Waals surface area contributed by atoms with Crippen LogP contribution in [0.15, 0.2) is 132 Å². The number of carbonyl (C=O) groups excluding carboxylic acids is 4. The maximum Gasteiger partial charge on any atom is 0.415 e. The number of hydrogen-bond donors (Lipinski definition) is 4. The third-order valence-electron chi connectivity index (χ3n) is 26.9. The third kappa shape index (κ3) is 24.7. The first-order valence-electron chi connectivity index (χ1n) is 46.0. The van der Waals surface area contributed by atoms with E-state index in [4.69, 9.17) is 37.7 Å². The first kappa shape index (κ1) is 93.8. The van der Waals surface area contributed by atoms with E-state index in [0.29, 0.717) is 67.5 Å². The summed E-state index contributed by atoms with van der Waals surface area (Å²) in [5, 5.41) is 49.9. The summed E-state index contributed by atoms with van der Waals surface area (Å²) in [4.78, 5) is 102. The largest absolute Gasteiger partial charge is 0.490 e. The molecule has 16 rings (SSSR count). The fourth-order valence-electron chi connectivity index (χ4n) is 19.3. The number of aliphatic carboxylic acids is 4. The van der Waals surface area contributed by atoms with E-state index in [1.807, 2.05) is 118 Å². The molecule has 8 atom stereocenters. The van der Waals surface area contributed by atoms with Crippen molar-refractivity contribution < 1.29 is 96.5 Å². The lowest BCUT2D eigenvalue weighted by molar-refractivity contribution is -0.144. The molecule has 8 aromatic rings. The smallest absolute Gasteiger partial charge is 0.415 e. The van der Waals surface area contributed by atoms with Gasteiger partial charge in [0.05, 0.1) is 72.0 Å². The van der Waals surface area contributed by atoms with Crippen LogP contribution in [0.5, 0.6) is 17.2 Å². The van der Waals surface area contributed by atoms with Crippen molar-refractivity contribution in [3.63, 3.8) is 0 Å². The summed E-state index contributed by atoms with van der Waals surface area (Å²) >= 11 is 0. The highest BCUT2D eigenvalue weighted by atomic mass is 16.6. The lowest BCUT2D eigenvalue weighted by Crippen LogP contribution is -2.35. The predicted octanol–water partition coefficient (Wildman–Crippen LogP) is 19.9. The molecule has 0 aliphatic heterocycles. The number of benzene rings is 4. The minimum atomic E-state index is -0.747.